The summed E-state index contributed by atoms with van der Waals surface area (Å²) in [6.07, 6.45) is 2.60. The van der Waals surface area contributed by atoms with Crippen molar-refractivity contribution in [1.82, 2.24) is 19.9 Å². The second-order valence-corrected chi connectivity index (χ2v) is 7.85. The zero-order chi connectivity index (χ0) is 22.5. The summed E-state index contributed by atoms with van der Waals surface area (Å²) in [5, 5.41) is 3.17. The molecule has 1 atom stereocenters. The number of amides is 1. The number of hydrogen-bond donors (Lipinski definition) is 1. The number of hydrogen-bond acceptors (Lipinski definition) is 3. The minimum Gasteiger partial charge on any atom is -0.344 e. The number of rotatable bonds is 7. The van der Waals surface area contributed by atoms with Crippen LogP contribution in [0, 0.1) is 0 Å². The van der Waals surface area contributed by atoms with Gasteiger partial charge in [0.05, 0.1) is 22.8 Å². The Kier molecular flexibility index (Phi) is 5.93. The predicted octanol–water partition coefficient (Wildman–Crippen LogP) is 5.26. The molecule has 0 aliphatic heterocycles. The molecule has 5 aromatic rings. The van der Waals surface area contributed by atoms with Gasteiger partial charge in [0, 0.05) is 24.7 Å². The minimum atomic E-state index is -0.298. The van der Waals surface area contributed by atoms with Crippen LogP contribution in [0.5, 0.6) is 0 Å². The molecule has 0 radical (unpaired) electrons. The number of aromatic nitrogens is 3. The van der Waals surface area contributed by atoms with Crippen molar-refractivity contribution in [2.75, 3.05) is 0 Å². The summed E-state index contributed by atoms with van der Waals surface area (Å²) in [6, 6.07) is 33.6. The normalized spacial score (nSPS) is 11.9. The molecule has 3 aromatic carbocycles. The van der Waals surface area contributed by atoms with Gasteiger partial charge in [-0.25, -0.2) is 4.98 Å². The summed E-state index contributed by atoms with van der Waals surface area (Å²) in [5.74, 6) is 0.827. The van der Waals surface area contributed by atoms with Crippen LogP contribution in [0.1, 0.15) is 29.5 Å². The van der Waals surface area contributed by atoms with Gasteiger partial charge in [0.25, 0.3) is 0 Å². The van der Waals surface area contributed by atoms with E-state index in [-0.39, 0.29) is 11.9 Å². The molecule has 5 heteroatoms. The van der Waals surface area contributed by atoms with Crippen molar-refractivity contribution >= 4 is 16.9 Å². The first-order chi connectivity index (χ1) is 16.3. The molecule has 5 nitrogen and oxygen atoms in total. The highest BCUT2D eigenvalue weighted by Crippen LogP contribution is 2.23. The van der Waals surface area contributed by atoms with E-state index in [1.54, 1.807) is 6.20 Å². The number of nitrogens with one attached hydrogen (secondary N) is 1. The van der Waals surface area contributed by atoms with Gasteiger partial charge in [0.15, 0.2) is 0 Å². The van der Waals surface area contributed by atoms with Crippen LogP contribution in [-0.2, 0) is 11.2 Å². The van der Waals surface area contributed by atoms with Gasteiger partial charge in [-0.1, -0.05) is 66.7 Å². The number of benzene rings is 3. The smallest absolute Gasteiger partial charge is 0.221 e. The van der Waals surface area contributed by atoms with Crippen LogP contribution < -0.4 is 5.32 Å². The molecule has 0 bridgehead atoms. The number of aryl methyl sites for hydroxylation is 1. The van der Waals surface area contributed by atoms with Crippen LogP contribution in [0.3, 0.4) is 0 Å². The van der Waals surface area contributed by atoms with Gasteiger partial charge >= 0.3 is 0 Å². The first-order valence-electron chi connectivity index (χ1n) is 11.1. The van der Waals surface area contributed by atoms with Crippen molar-refractivity contribution in [1.29, 1.82) is 0 Å². The largest absolute Gasteiger partial charge is 0.344 e. The van der Waals surface area contributed by atoms with Gasteiger partial charge < -0.3 is 5.32 Å². The van der Waals surface area contributed by atoms with E-state index >= 15 is 0 Å². The van der Waals surface area contributed by atoms with E-state index < -0.39 is 0 Å². The molecule has 0 saturated heterocycles. The molecule has 0 aliphatic carbocycles. The summed E-state index contributed by atoms with van der Waals surface area (Å²) in [5.41, 5.74) is 4.81. The van der Waals surface area contributed by atoms with Crippen molar-refractivity contribution in [3.8, 4) is 5.69 Å². The molecular weight excluding hydrogens is 408 g/mol. The summed E-state index contributed by atoms with van der Waals surface area (Å²) in [7, 11) is 0. The average Bonchev–Trinajstić information content (AvgIpc) is 3.26. The van der Waals surface area contributed by atoms with E-state index in [2.05, 4.69) is 33.1 Å². The molecule has 33 heavy (non-hydrogen) atoms. The zero-order valence-electron chi connectivity index (χ0n) is 18.1. The zero-order valence-corrected chi connectivity index (χ0v) is 18.1. The van der Waals surface area contributed by atoms with Gasteiger partial charge in [-0.05, 0) is 42.0 Å². The Balaban J connectivity index is 1.39. The fraction of sp³-hybridized carbons (Fsp3) is 0.107. The molecule has 1 amide bonds. The number of imidazole rings is 1. The van der Waals surface area contributed by atoms with Crippen LogP contribution >= 0.6 is 0 Å². The second-order valence-electron chi connectivity index (χ2n) is 7.85. The Bertz CT molecular complexity index is 1310. The Labute approximate surface area is 192 Å². The molecule has 0 fully saturated rings. The maximum absolute atomic E-state index is 13.1. The lowest BCUT2D eigenvalue weighted by Crippen LogP contribution is -2.30. The third-order valence-corrected chi connectivity index (χ3v) is 5.64. The predicted molar refractivity (Wildman–Crippen MR) is 130 cm³/mol. The van der Waals surface area contributed by atoms with Gasteiger partial charge in [-0.3, -0.25) is 14.3 Å². The van der Waals surface area contributed by atoms with Crippen LogP contribution in [0.15, 0.2) is 109 Å². The molecule has 1 unspecified atom stereocenters. The molecule has 0 spiro atoms. The highest BCUT2D eigenvalue weighted by atomic mass is 16.1. The molecule has 1 N–H and O–H groups in total. The fourth-order valence-electron chi connectivity index (χ4n) is 4.09. The lowest BCUT2D eigenvalue weighted by Gasteiger charge is -2.19. The van der Waals surface area contributed by atoms with Crippen LogP contribution in [0.25, 0.3) is 16.7 Å². The molecule has 2 heterocycles. The molecule has 0 aliphatic rings. The molecule has 5 rings (SSSR count). The van der Waals surface area contributed by atoms with Gasteiger partial charge in [0.1, 0.15) is 5.82 Å². The highest BCUT2D eigenvalue weighted by Gasteiger charge is 2.19. The van der Waals surface area contributed by atoms with Crippen molar-refractivity contribution in [2.24, 2.45) is 0 Å². The SMILES string of the molecule is O=C(CCc1nc2ccccc2n1-c1ccccc1)NC(c1ccccc1)c1ccccn1. The van der Waals surface area contributed by atoms with Crippen molar-refractivity contribution in [3.05, 3.63) is 126 Å². The summed E-state index contributed by atoms with van der Waals surface area (Å²) >= 11 is 0. The lowest BCUT2D eigenvalue weighted by atomic mass is 10.0. The molecule has 2 aromatic heterocycles. The third-order valence-electron chi connectivity index (χ3n) is 5.64. The van der Waals surface area contributed by atoms with Crippen LogP contribution in [0.4, 0.5) is 0 Å². The van der Waals surface area contributed by atoms with E-state index in [0.29, 0.717) is 12.8 Å². The number of fused-ring (bicyclic) bond motifs is 1. The van der Waals surface area contributed by atoms with Crippen molar-refractivity contribution in [2.45, 2.75) is 18.9 Å². The number of para-hydroxylation sites is 3. The van der Waals surface area contributed by atoms with Crippen LogP contribution in [-0.4, -0.2) is 20.4 Å². The van der Waals surface area contributed by atoms with E-state index in [1.165, 1.54) is 0 Å². The monoisotopic (exact) mass is 432 g/mol. The van der Waals surface area contributed by atoms with E-state index in [9.17, 15) is 4.79 Å². The van der Waals surface area contributed by atoms with Crippen LogP contribution in [0.2, 0.25) is 0 Å². The lowest BCUT2D eigenvalue weighted by molar-refractivity contribution is -0.121. The summed E-state index contributed by atoms with van der Waals surface area (Å²) < 4.78 is 2.13. The summed E-state index contributed by atoms with van der Waals surface area (Å²) in [4.78, 5) is 22.4. The fourth-order valence-corrected chi connectivity index (χ4v) is 4.09. The molecule has 162 valence electrons. The number of carbonyl (C=O) groups excluding carboxylic acids is 1. The topological polar surface area (TPSA) is 59.8 Å². The average molecular weight is 433 g/mol. The second kappa shape index (κ2) is 9.49. The standard InChI is InChI=1S/C28H24N4O/c33-27(31-28(21-11-3-1-4-12-21)24-16-9-10-20-29-24)19-18-26-30-23-15-7-8-17-25(23)32(26)22-13-5-2-6-14-22/h1-17,20,28H,18-19H2,(H,31,33). The maximum atomic E-state index is 13.1. The number of pyridine rings is 1. The highest BCUT2D eigenvalue weighted by molar-refractivity contribution is 5.79. The quantitative estimate of drug-likeness (QED) is 0.382. The van der Waals surface area contributed by atoms with Gasteiger partial charge in [-0.15, -0.1) is 0 Å². The number of carbonyl (C=O) groups is 1. The summed E-state index contributed by atoms with van der Waals surface area (Å²) in [6.45, 7) is 0. The first-order valence-corrected chi connectivity index (χ1v) is 11.1. The Morgan fingerprint density at radius 1 is 0.818 bits per heavy atom. The van der Waals surface area contributed by atoms with E-state index in [0.717, 1.165) is 33.8 Å². The first kappa shape index (κ1) is 20.6. The van der Waals surface area contributed by atoms with Crippen molar-refractivity contribution < 1.29 is 4.79 Å². The van der Waals surface area contributed by atoms with Gasteiger partial charge in [-0.2, -0.15) is 0 Å². The van der Waals surface area contributed by atoms with Gasteiger partial charge in [0.2, 0.25) is 5.91 Å². The molecule has 0 saturated carbocycles. The Hall–Kier alpha value is -4.25. The Morgan fingerprint density at radius 3 is 2.27 bits per heavy atom. The van der Waals surface area contributed by atoms with Crippen molar-refractivity contribution in [3.63, 3.8) is 0 Å². The minimum absolute atomic E-state index is 0.0406. The maximum Gasteiger partial charge on any atom is 0.221 e. The van der Waals surface area contributed by atoms with E-state index in [4.69, 9.17) is 4.98 Å². The molecular formula is C28H24N4O. The van der Waals surface area contributed by atoms with E-state index in [1.807, 2.05) is 84.9 Å². The Morgan fingerprint density at radius 2 is 1.52 bits per heavy atom. The third kappa shape index (κ3) is 4.53. The number of nitrogens with zero attached hydrogens (tertiary/aromatic N) is 3.